The Balaban J connectivity index is 2.20. The second kappa shape index (κ2) is 6.43. The Morgan fingerprint density at radius 1 is 1.50 bits per heavy atom. The third-order valence-electron chi connectivity index (χ3n) is 2.40. The van der Waals surface area contributed by atoms with Gasteiger partial charge in [0, 0.05) is 6.04 Å². The van der Waals surface area contributed by atoms with Gasteiger partial charge in [0.25, 0.3) is 0 Å². The molecule has 16 heavy (non-hydrogen) atoms. The molecule has 1 heterocycles. The van der Waals surface area contributed by atoms with Crippen LogP contribution in [0, 0.1) is 6.92 Å². The fourth-order valence-electron chi connectivity index (χ4n) is 1.46. The molecule has 0 aliphatic heterocycles. The topological polar surface area (TPSA) is 53.6 Å². The molecule has 0 saturated carbocycles. The van der Waals surface area contributed by atoms with E-state index in [1.807, 2.05) is 6.92 Å². The van der Waals surface area contributed by atoms with Gasteiger partial charge in [0.2, 0.25) is 0 Å². The van der Waals surface area contributed by atoms with Gasteiger partial charge in [0.1, 0.15) is 5.82 Å². The number of aromatic nitrogens is 3. The van der Waals surface area contributed by atoms with E-state index >= 15 is 0 Å². The molecule has 0 saturated heterocycles. The van der Waals surface area contributed by atoms with Crippen LogP contribution in [0.4, 0.5) is 0 Å². The number of H-pyrrole nitrogens is 1. The summed E-state index contributed by atoms with van der Waals surface area (Å²) in [6, 6.07) is 0.495. The Hall–Kier alpha value is -1.16. The summed E-state index contributed by atoms with van der Waals surface area (Å²) in [6.45, 7) is 9.11. The lowest BCUT2D eigenvalue weighted by Gasteiger charge is -2.10. The summed E-state index contributed by atoms with van der Waals surface area (Å²) in [7, 11) is 0. The normalized spacial score (nSPS) is 12.5. The number of aromatic amines is 1. The van der Waals surface area contributed by atoms with Gasteiger partial charge in [-0.05, 0) is 40.5 Å². The zero-order chi connectivity index (χ0) is 12.0. The van der Waals surface area contributed by atoms with Crippen LogP contribution < -0.4 is 5.32 Å². The van der Waals surface area contributed by atoms with E-state index in [9.17, 15) is 0 Å². The zero-order valence-electron chi connectivity index (χ0n) is 10.7. The number of hydrogen-bond acceptors (Lipinski definition) is 3. The second-order valence-electron chi connectivity index (χ2n) is 4.48. The van der Waals surface area contributed by atoms with Crippen molar-refractivity contribution in [1.82, 2.24) is 20.5 Å². The van der Waals surface area contributed by atoms with Gasteiger partial charge in [0.15, 0.2) is 5.82 Å². The van der Waals surface area contributed by atoms with Crippen LogP contribution in [0.2, 0.25) is 0 Å². The molecule has 90 valence electrons. The van der Waals surface area contributed by atoms with E-state index in [0.717, 1.165) is 31.0 Å². The van der Waals surface area contributed by atoms with E-state index < -0.39 is 0 Å². The molecule has 4 nitrogen and oxygen atoms in total. The van der Waals surface area contributed by atoms with Gasteiger partial charge in [-0.15, -0.1) is 0 Å². The van der Waals surface area contributed by atoms with E-state index in [1.165, 1.54) is 5.57 Å². The minimum absolute atomic E-state index is 0.495. The first-order valence-electron chi connectivity index (χ1n) is 5.82. The van der Waals surface area contributed by atoms with E-state index in [-0.39, 0.29) is 0 Å². The minimum Gasteiger partial charge on any atom is -0.307 e. The molecule has 0 aliphatic rings. The number of aryl methyl sites for hydroxylation is 1. The van der Waals surface area contributed by atoms with Crippen LogP contribution in [0.3, 0.4) is 0 Å². The van der Waals surface area contributed by atoms with Crippen LogP contribution in [0.25, 0.3) is 0 Å². The van der Waals surface area contributed by atoms with Crippen molar-refractivity contribution in [3.05, 3.63) is 23.3 Å². The molecule has 1 aromatic rings. The maximum atomic E-state index is 4.25. The van der Waals surface area contributed by atoms with Gasteiger partial charge < -0.3 is 5.32 Å². The summed E-state index contributed by atoms with van der Waals surface area (Å²) >= 11 is 0. The first-order valence-corrected chi connectivity index (χ1v) is 5.82. The van der Waals surface area contributed by atoms with Gasteiger partial charge in [0.05, 0.1) is 6.54 Å². The summed E-state index contributed by atoms with van der Waals surface area (Å²) in [5.74, 6) is 1.71. The molecular weight excluding hydrogens is 200 g/mol. The predicted molar refractivity (Wildman–Crippen MR) is 66.1 cm³/mol. The van der Waals surface area contributed by atoms with Crippen molar-refractivity contribution in [2.75, 3.05) is 0 Å². The van der Waals surface area contributed by atoms with Crippen LogP contribution in [-0.2, 0) is 6.54 Å². The van der Waals surface area contributed by atoms with Gasteiger partial charge in [-0.2, -0.15) is 5.10 Å². The van der Waals surface area contributed by atoms with Crippen molar-refractivity contribution in [2.45, 2.75) is 53.1 Å². The van der Waals surface area contributed by atoms with Gasteiger partial charge in [-0.3, -0.25) is 5.10 Å². The molecule has 1 unspecified atom stereocenters. The Bertz CT molecular complexity index is 337. The molecule has 0 radical (unpaired) electrons. The van der Waals surface area contributed by atoms with Crippen molar-refractivity contribution < 1.29 is 0 Å². The average Bonchev–Trinajstić information content (AvgIpc) is 2.61. The van der Waals surface area contributed by atoms with E-state index in [1.54, 1.807) is 0 Å². The molecule has 1 atom stereocenters. The third kappa shape index (κ3) is 5.07. The Morgan fingerprint density at radius 3 is 2.81 bits per heavy atom. The van der Waals surface area contributed by atoms with E-state index in [4.69, 9.17) is 0 Å². The first-order chi connectivity index (χ1) is 7.58. The fourth-order valence-corrected chi connectivity index (χ4v) is 1.46. The van der Waals surface area contributed by atoms with Crippen LogP contribution in [0.1, 0.15) is 45.3 Å². The molecule has 0 fully saturated rings. The third-order valence-corrected chi connectivity index (χ3v) is 2.40. The molecule has 4 heteroatoms. The summed E-state index contributed by atoms with van der Waals surface area (Å²) in [5, 5.41) is 10.3. The van der Waals surface area contributed by atoms with Crippen molar-refractivity contribution >= 4 is 0 Å². The van der Waals surface area contributed by atoms with Gasteiger partial charge >= 0.3 is 0 Å². The van der Waals surface area contributed by atoms with Crippen LogP contribution >= 0.6 is 0 Å². The lowest BCUT2D eigenvalue weighted by molar-refractivity contribution is 0.508. The molecule has 0 aromatic carbocycles. The fraction of sp³-hybridized carbons (Fsp3) is 0.667. The molecule has 1 aromatic heterocycles. The number of nitrogens with zero attached hydrogens (tertiary/aromatic N) is 2. The lowest BCUT2D eigenvalue weighted by Crippen LogP contribution is -2.25. The number of hydrogen-bond donors (Lipinski definition) is 2. The van der Waals surface area contributed by atoms with Crippen LogP contribution in [0.5, 0.6) is 0 Å². The summed E-state index contributed by atoms with van der Waals surface area (Å²) < 4.78 is 0. The molecule has 0 spiro atoms. The summed E-state index contributed by atoms with van der Waals surface area (Å²) in [6.07, 6.45) is 4.55. The molecule has 0 bridgehead atoms. The molecule has 0 amide bonds. The predicted octanol–water partition coefficient (Wildman–Crippen LogP) is 2.34. The number of allylic oxidation sites excluding steroid dienone is 2. The van der Waals surface area contributed by atoms with E-state index in [2.05, 4.69) is 47.3 Å². The second-order valence-corrected chi connectivity index (χ2v) is 4.48. The van der Waals surface area contributed by atoms with Crippen molar-refractivity contribution in [1.29, 1.82) is 0 Å². The molecular formula is C12H22N4. The highest BCUT2D eigenvalue weighted by Crippen LogP contribution is 2.02. The first kappa shape index (κ1) is 12.9. The maximum absolute atomic E-state index is 4.25. The lowest BCUT2D eigenvalue weighted by atomic mass is 10.1. The van der Waals surface area contributed by atoms with Crippen molar-refractivity contribution in [3.8, 4) is 0 Å². The highest BCUT2D eigenvalue weighted by molar-refractivity contribution is 4.93. The minimum atomic E-state index is 0.495. The molecule has 1 rings (SSSR count). The number of nitrogens with one attached hydrogen (secondary N) is 2. The Morgan fingerprint density at radius 2 is 2.25 bits per heavy atom. The largest absolute Gasteiger partial charge is 0.307 e. The quantitative estimate of drug-likeness (QED) is 0.726. The summed E-state index contributed by atoms with van der Waals surface area (Å²) in [4.78, 5) is 4.25. The highest BCUT2D eigenvalue weighted by Gasteiger charge is 2.03. The van der Waals surface area contributed by atoms with Crippen LogP contribution in [-0.4, -0.2) is 21.2 Å². The molecule has 0 aliphatic carbocycles. The Kier molecular flexibility index (Phi) is 5.19. The van der Waals surface area contributed by atoms with E-state index in [0.29, 0.717) is 6.04 Å². The SMILES string of the molecule is CC(C)=CCCC(C)NCc1n[nH]c(C)n1. The Labute approximate surface area is 97.6 Å². The number of rotatable bonds is 6. The van der Waals surface area contributed by atoms with Gasteiger partial charge in [-0.1, -0.05) is 11.6 Å². The van der Waals surface area contributed by atoms with Gasteiger partial charge in [-0.25, -0.2) is 4.98 Å². The molecule has 2 N–H and O–H groups in total. The van der Waals surface area contributed by atoms with Crippen molar-refractivity contribution in [2.24, 2.45) is 0 Å². The highest BCUT2D eigenvalue weighted by atomic mass is 15.2. The van der Waals surface area contributed by atoms with Crippen LogP contribution in [0.15, 0.2) is 11.6 Å². The smallest absolute Gasteiger partial charge is 0.164 e. The zero-order valence-corrected chi connectivity index (χ0v) is 10.7. The average molecular weight is 222 g/mol. The summed E-state index contributed by atoms with van der Waals surface area (Å²) in [5.41, 5.74) is 1.39. The monoisotopic (exact) mass is 222 g/mol. The maximum Gasteiger partial charge on any atom is 0.164 e. The van der Waals surface area contributed by atoms with Crippen molar-refractivity contribution in [3.63, 3.8) is 0 Å². The standard InChI is InChI=1S/C12H22N4/c1-9(2)6-5-7-10(3)13-8-12-14-11(4)15-16-12/h6,10,13H,5,7-8H2,1-4H3,(H,14,15,16).